The number of hydrogen-bond acceptors (Lipinski definition) is 6. The van der Waals surface area contributed by atoms with Gasteiger partial charge in [0.05, 0.1) is 24.2 Å². The number of hydrogen-bond donors (Lipinski definition) is 0. The number of anilines is 1. The van der Waals surface area contributed by atoms with Crippen LogP contribution < -0.4 is 9.04 Å². The highest BCUT2D eigenvalue weighted by molar-refractivity contribution is 7.92. The van der Waals surface area contributed by atoms with Crippen LogP contribution in [0, 0.1) is 0 Å². The predicted octanol–water partition coefficient (Wildman–Crippen LogP) is 1.37. The number of methoxy groups -OCH3 is 1. The SMILES string of the molecule is COc1ccc(N(C)S(=O)(=O)c2cccc(C(=O)N3CCN(CC(=O)N(C)C)CC3)c2)cc1. The molecule has 2 aromatic rings. The molecule has 1 fully saturated rings. The van der Waals surface area contributed by atoms with Gasteiger partial charge < -0.3 is 14.5 Å². The summed E-state index contributed by atoms with van der Waals surface area (Å²) in [6.45, 7) is 2.44. The quantitative estimate of drug-likeness (QED) is 0.602. The Morgan fingerprint density at radius 3 is 2.18 bits per heavy atom. The molecule has 1 aliphatic heterocycles. The van der Waals surface area contributed by atoms with E-state index >= 15 is 0 Å². The van der Waals surface area contributed by atoms with Gasteiger partial charge in [-0.3, -0.25) is 18.8 Å². The first-order valence-electron chi connectivity index (χ1n) is 10.6. The van der Waals surface area contributed by atoms with Crippen molar-refractivity contribution in [3.63, 3.8) is 0 Å². The van der Waals surface area contributed by atoms with Crippen molar-refractivity contribution in [2.75, 3.05) is 65.3 Å². The van der Waals surface area contributed by atoms with Crippen molar-refractivity contribution < 1.29 is 22.7 Å². The maximum absolute atomic E-state index is 13.2. The van der Waals surface area contributed by atoms with Gasteiger partial charge in [0.25, 0.3) is 15.9 Å². The van der Waals surface area contributed by atoms with E-state index in [1.54, 1.807) is 67.4 Å². The Kier molecular flexibility index (Phi) is 7.60. The number of carbonyl (C=O) groups is 2. The van der Waals surface area contributed by atoms with E-state index in [4.69, 9.17) is 4.74 Å². The van der Waals surface area contributed by atoms with Gasteiger partial charge in [-0.05, 0) is 42.5 Å². The van der Waals surface area contributed by atoms with Crippen LogP contribution in [0.1, 0.15) is 10.4 Å². The Bertz CT molecular complexity index is 1090. The molecule has 0 bridgehead atoms. The van der Waals surface area contributed by atoms with Crippen LogP contribution in [0.5, 0.6) is 5.75 Å². The average molecular weight is 475 g/mol. The van der Waals surface area contributed by atoms with Gasteiger partial charge in [0.15, 0.2) is 0 Å². The molecule has 0 radical (unpaired) electrons. The van der Waals surface area contributed by atoms with Crippen LogP contribution in [0.4, 0.5) is 5.69 Å². The number of sulfonamides is 1. The number of rotatable bonds is 7. The summed E-state index contributed by atoms with van der Waals surface area (Å²) in [4.78, 5) is 30.2. The zero-order valence-corrected chi connectivity index (χ0v) is 20.2. The first-order valence-corrected chi connectivity index (χ1v) is 12.0. The molecule has 1 aliphatic rings. The predicted molar refractivity (Wildman–Crippen MR) is 126 cm³/mol. The standard InChI is InChI=1S/C23H30N4O5S/c1-24(2)22(28)17-26-12-14-27(15-13-26)23(29)18-6-5-7-21(16-18)33(30,31)25(3)19-8-10-20(32-4)11-9-19/h5-11,16H,12-15,17H2,1-4H3. The van der Waals surface area contributed by atoms with Crippen molar-refractivity contribution in [3.05, 3.63) is 54.1 Å². The van der Waals surface area contributed by atoms with E-state index in [-0.39, 0.29) is 16.7 Å². The first-order chi connectivity index (χ1) is 15.6. The molecule has 10 heteroatoms. The third-order valence-corrected chi connectivity index (χ3v) is 7.47. The maximum atomic E-state index is 13.2. The highest BCUT2D eigenvalue weighted by Crippen LogP contribution is 2.25. The lowest BCUT2D eigenvalue weighted by Gasteiger charge is -2.34. The monoisotopic (exact) mass is 474 g/mol. The number of ether oxygens (including phenoxy) is 1. The minimum absolute atomic E-state index is 0.0219. The molecule has 178 valence electrons. The number of nitrogens with zero attached hydrogens (tertiary/aromatic N) is 4. The van der Waals surface area contributed by atoms with Crippen molar-refractivity contribution in [2.45, 2.75) is 4.90 Å². The number of amides is 2. The van der Waals surface area contributed by atoms with Crippen molar-refractivity contribution >= 4 is 27.5 Å². The lowest BCUT2D eigenvalue weighted by molar-refractivity contribution is -0.130. The van der Waals surface area contributed by atoms with Crippen LogP contribution in [0.3, 0.4) is 0 Å². The Morgan fingerprint density at radius 2 is 1.61 bits per heavy atom. The topological polar surface area (TPSA) is 90.5 Å². The van der Waals surface area contributed by atoms with E-state index < -0.39 is 10.0 Å². The molecule has 2 amide bonds. The molecule has 3 rings (SSSR count). The fourth-order valence-electron chi connectivity index (χ4n) is 3.50. The number of benzene rings is 2. The molecule has 1 saturated heterocycles. The van der Waals surface area contributed by atoms with E-state index in [0.29, 0.717) is 49.7 Å². The minimum atomic E-state index is -3.86. The van der Waals surface area contributed by atoms with Crippen LogP contribution in [0.25, 0.3) is 0 Å². The summed E-state index contributed by atoms with van der Waals surface area (Å²) in [5, 5.41) is 0. The van der Waals surface area contributed by atoms with E-state index in [2.05, 4.69) is 0 Å². The molecule has 0 saturated carbocycles. The average Bonchev–Trinajstić information content (AvgIpc) is 2.83. The van der Waals surface area contributed by atoms with Gasteiger partial charge in [0.1, 0.15) is 5.75 Å². The van der Waals surface area contributed by atoms with E-state index in [1.165, 1.54) is 23.5 Å². The summed E-state index contributed by atoms with van der Waals surface area (Å²) >= 11 is 0. The molecule has 0 atom stereocenters. The van der Waals surface area contributed by atoms with E-state index in [9.17, 15) is 18.0 Å². The highest BCUT2D eigenvalue weighted by Gasteiger charge is 2.26. The zero-order chi connectivity index (χ0) is 24.2. The van der Waals surface area contributed by atoms with Crippen molar-refractivity contribution in [1.82, 2.24) is 14.7 Å². The molecule has 1 heterocycles. The van der Waals surface area contributed by atoms with Crippen LogP contribution in [-0.2, 0) is 14.8 Å². The van der Waals surface area contributed by atoms with Crippen molar-refractivity contribution in [2.24, 2.45) is 0 Å². The van der Waals surface area contributed by atoms with Gasteiger partial charge in [-0.2, -0.15) is 0 Å². The normalized spacial score (nSPS) is 14.6. The lowest BCUT2D eigenvalue weighted by atomic mass is 10.2. The largest absolute Gasteiger partial charge is 0.497 e. The lowest BCUT2D eigenvalue weighted by Crippen LogP contribution is -2.51. The summed E-state index contributed by atoms with van der Waals surface area (Å²) in [6.07, 6.45) is 0. The van der Waals surface area contributed by atoms with Gasteiger partial charge >= 0.3 is 0 Å². The first kappa shape index (κ1) is 24.5. The molecule has 0 aromatic heterocycles. The molecule has 0 unspecified atom stereocenters. The van der Waals surface area contributed by atoms with Gasteiger partial charge in [0.2, 0.25) is 5.91 Å². The third-order valence-electron chi connectivity index (χ3n) is 5.69. The second-order valence-corrected chi connectivity index (χ2v) is 10.0. The second-order valence-electron chi connectivity index (χ2n) is 8.05. The smallest absolute Gasteiger partial charge is 0.264 e. The number of likely N-dealkylation sites (N-methyl/N-ethyl adjacent to an activating group) is 1. The van der Waals surface area contributed by atoms with Crippen LogP contribution >= 0.6 is 0 Å². The summed E-state index contributed by atoms with van der Waals surface area (Å²) < 4.78 is 32.6. The maximum Gasteiger partial charge on any atom is 0.264 e. The van der Waals surface area contributed by atoms with E-state index in [1.807, 2.05) is 4.90 Å². The Hall–Kier alpha value is -3.11. The fourth-order valence-corrected chi connectivity index (χ4v) is 4.74. The molecule has 0 N–H and O–H groups in total. The Labute approximate surface area is 195 Å². The molecule has 0 spiro atoms. The summed E-state index contributed by atoms with van der Waals surface area (Å²) in [7, 11) is 2.59. The summed E-state index contributed by atoms with van der Waals surface area (Å²) in [5.74, 6) is 0.426. The van der Waals surface area contributed by atoms with Crippen molar-refractivity contribution in [1.29, 1.82) is 0 Å². The molecule has 0 aliphatic carbocycles. The fraction of sp³-hybridized carbons (Fsp3) is 0.391. The van der Waals surface area contributed by atoms with Gasteiger partial charge in [-0.15, -0.1) is 0 Å². The third kappa shape index (κ3) is 5.63. The summed E-state index contributed by atoms with van der Waals surface area (Å²) in [5.41, 5.74) is 0.799. The summed E-state index contributed by atoms with van der Waals surface area (Å²) in [6, 6.07) is 12.8. The highest BCUT2D eigenvalue weighted by atomic mass is 32.2. The van der Waals surface area contributed by atoms with Gasteiger partial charge in [0, 0.05) is 52.9 Å². The van der Waals surface area contributed by atoms with Crippen LogP contribution in [-0.4, -0.2) is 95.9 Å². The molecule has 33 heavy (non-hydrogen) atoms. The molecule has 2 aromatic carbocycles. The molecular formula is C23H30N4O5S. The number of carbonyl (C=O) groups excluding carboxylic acids is 2. The van der Waals surface area contributed by atoms with Crippen LogP contribution in [0.2, 0.25) is 0 Å². The Morgan fingerprint density at radius 1 is 0.970 bits per heavy atom. The number of piperazine rings is 1. The molecular weight excluding hydrogens is 444 g/mol. The van der Waals surface area contributed by atoms with Gasteiger partial charge in [-0.25, -0.2) is 8.42 Å². The molecule has 9 nitrogen and oxygen atoms in total. The van der Waals surface area contributed by atoms with E-state index in [0.717, 1.165) is 0 Å². The van der Waals surface area contributed by atoms with Crippen LogP contribution in [0.15, 0.2) is 53.4 Å². The zero-order valence-electron chi connectivity index (χ0n) is 19.4. The second kappa shape index (κ2) is 10.2. The Balaban J connectivity index is 1.71. The minimum Gasteiger partial charge on any atom is -0.497 e. The van der Waals surface area contributed by atoms with Gasteiger partial charge in [-0.1, -0.05) is 6.07 Å². The van der Waals surface area contributed by atoms with Crippen molar-refractivity contribution in [3.8, 4) is 5.75 Å².